The van der Waals surface area contributed by atoms with Crippen molar-refractivity contribution in [1.29, 1.82) is 0 Å². The van der Waals surface area contributed by atoms with Crippen LogP contribution in [0, 0.1) is 0 Å². The molecule has 1 aliphatic rings. The average molecular weight is 782 g/mol. The van der Waals surface area contributed by atoms with E-state index in [1.165, 1.54) is 96.3 Å². The number of carbonyl (C=O) groups is 1. The van der Waals surface area contributed by atoms with Crippen LogP contribution >= 0.6 is 7.82 Å². The van der Waals surface area contributed by atoms with E-state index in [0.29, 0.717) is 17.4 Å². The number of esters is 1. The molecule has 1 rings (SSSR count). The lowest BCUT2D eigenvalue weighted by Gasteiger charge is -2.28. The highest BCUT2D eigenvalue weighted by atomic mass is 31.2. The maximum absolute atomic E-state index is 12.7. The van der Waals surface area contributed by atoms with Crippen molar-refractivity contribution in [3.05, 3.63) is 48.8 Å². The number of ether oxygens (including phenoxy) is 3. The summed E-state index contributed by atoms with van der Waals surface area (Å²) in [5.41, 5.74) is 0. The lowest BCUT2D eigenvalue weighted by Crippen LogP contribution is -2.37. The lowest BCUT2D eigenvalue weighted by molar-refractivity contribution is -0.870. The lowest BCUT2D eigenvalue weighted by atomic mass is 10.0. The van der Waals surface area contributed by atoms with Crippen molar-refractivity contribution >= 4 is 13.8 Å². The summed E-state index contributed by atoms with van der Waals surface area (Å²) >= 11 is 0. The minimum absolute atomic E-state index is 0.00128. The van der Waals surface area contributed by atoms with Crippen molar-refractivity contribution < 1.29 is 42.0 Å². The van der Waals surface area contributed by atoms with Gasteiger partial charge in [0.05, 0.1) is 46.2 Å². The summed E-state index contributed by atoms with van der Waals surface area (Å²) in [6.45, 7) is 4.61. The van der Waals surface area contributed by atoms with Gasteiger partial charge in [0, 0.05) is 6.42 Å². The molecule has 0 aromatic carbocycles. The summed E-state index contributed by atoms with van der Waals surface area (Å²) in [5, 5.41) is 0. The fourth-order valence-corrected chi connectivity index (χ4v) is 6.62. The standard InChI is InChI=1S/C44H80NO8P/c1-6-8-10-12-14-16-18-20-21-23-25-27-29-31-37-49-39-41(40-51-54(47,48)50-38-36-45(3,4)5)52-44(46)35-32-34-43-42(53-43)33-30-28-26-24-22-19-17-15-13-11-9-7-2/h15,17,22,24,28,30-31,37,41-43H,6-14,16,18-21,23,25-27,29,32-36,38-40H2,1-5H3/b17-15-,24-22-,30-28-,37-31+/t41-,42?,43?/m1/s1. The first-order valence-electron chi connectivity index (χ1n) is 21.5. The minimum atomic E-state index is -4.56. The number of quaternary nitrogens is 1. The molecule has 1 heterocycles. The first kappa shape index (κ1) is 50.3. The Balaban J connectivity index is 2.32. The van der Waals surface area contributed by atoms with Crippen LogP contribution in [0.15, 0.2) is 48.8 Å². The van der Waals surface area contributed by atoms with Crippen molar-refractivity contribution in [1.82, 2.24) is 0 Å². The largest absolute Gasteiger partial charge is 0.756 e. The van der Waals surface area contributed by atoms with Crippen molar-refractivity contribution in [2.75, 3.05) is 47.5 Å². The van der Waals surface area contributed by atoms with Crippen LogP contribution in [0.1, 0.15) is 162 Å². The monoisotopic (exact) mass is 782 g/mol. The predicted molar refractivity (Wildman–Crippen MR) is 221 cm³/mol. The molecule has 0 radical (unpaired) electrons. The fraction of sp³-hybridized carbons (Fsp3) is 0.795. The van der Waals surface area contributed by atoms with E-state index < -0.39 is 19.9 Å². The van der Waals surface area contributed by atoms with E-state index in [2.05, 4.69) is 50.3 Å². The first-order valence-corrected chi connectivity index (χ1v) is 23.0. The van der Waals surface area contributed by atoms with Crippen molar-refractivity contribution in [2.24, 2.45) is 0 Å². The van der Waals surface area contributed by atoms with E-state index in [1.54, 1.807) is 6.26 Å². The number of hydrogen-bond acceptors (Lipinski definition) is 8. The number of epoxide rings is 1. The second-order valence-corrected chi connectivity index (χ2v) is 17.2. The van der Waals surface area contributed by atoms with E-state index in [9.17, 15) is 14.3 Å². The van der Waals surface area contributed by atoms with E-state index >= 15 is 0 Å². The minimum Gasteiger partial charge on any atom is -0.756 e. The van der Waals surface area contributed by atoms with Crippen LogP contribution in [0.2, 0.25) is 0 Å². The number of allylic oxidation sites excluding steroid dienone is 6. The zero-order chi connectivity index (χ0) is 39.6. The van der Waals surface area contributed by atoms with Gasteiger partial charge in [-0.3, -0.25) is 9.36 Å². The van der Waals surface area contributed by atoms with Crippen LogP contribution in [-0.4, -0.2) is 76.3 Å². The van der Waals surface area contributed by atoms with Gasteiger partial charge in [0.25, 0.3) is 7.82 Å². The van der Waals surface area contributed by atoms with E-state index in [4.69, 9.17) is 23.3 Å². The van der Waals surface area contributed by atoms with Gasteiger partial charge in [-0.1, -0.05) is 134 Å². The van der Waals surface area contributed by atoms with E-state index in [-0.39, 0.29) is 38.4 Å². The Bertz CT molecular complexity index is 1070. The topological polar surface area (TPSA) is 107 Å². The Kier molecular flexibility index (Phi) is 31.1. The third-order valence-corrected chi connectivity index (χ3v) is 10.3. The maximum Gasteiger partial charge on any atom is 0.306 e. The molecule has 0 aliphatic carbocycles. The molecule has 9 nitrogen and oxygen atoms in total. The number of likely N-dealkylation sites (N-methyl/N-ethyl adjacent to an activating group) is 1. The zero-order valence-electron chi connectivity index (χ0n) is 35.1. The van der Waals surface area contributed by atoms with Crippen LogP contribution < -0.4 is 4.89 Å². The molecule has 0 amide bonds. The molecular formula is C44H80NO8P. The zero-order valence-corrected chi connectivity index (χ0v) is 36.0. The highest BCUT2D eigenvalue weighted by Gasteiger charge is 2.36. The summed E-state index contributed by atoms with van der Waals surface area (Å²) in [5.74, 6) is -0.418. The normalized spacial score (nSPS) is 18.0. The molecule has 1 fully saturated rings. The molecule has 1 saturated heterocycles. The number of phosphoric acid groups is 1. The summed E-state index contributed by atoms with van der Waals surface area (Å²) in [4.78, 5) is 25.1. The summed E-state index contributed by atoms with van der Waals surface area (Å²) in [6, 6.07) is 0. The molecule has 314 valence electrons. The Hall–Kier alpha value is -1.74. The highest BCUT2D eigenvalue weighted by molar-refractivity contribution is 7.45. The van der Waals surface area contributed by atoms with Crippen LogP contribution in [0.3, 0.4) is 0 Å². The Morgan fingerprint density at radius 1 is 0.704 bits per heavy atom. The summed E-state index contributed by atoms with van der Waals surface area (Å²) in [6.07, 6.45) is 42.3. The molecule has 3 unspecified atom stereocenters. The SMILES string of the molecule is CCCCC/C=C\C/C=C\C/C=C\CC1OC1CCCC(=O)O[C@H](CO/C=C/CCCCCCCCCCCCCC)COP(=O)([O-])OCC[N+](C)(C)C. The third kappa shape index (κ3) is 33.6. The van der Waals surface area contributed by atoms with Gasteiger partial charge in [-0.15, -0.1) is 0 Å². The molecule has 0 aromatic rings. The smallest absolute Gasteiger partial charge is 0.306 e. The number of rotatable bonds is 38. The second-order valence-electron chi connectivity index (χ2n) is 15.8. The maximum atomic E-state index is 12.7. The van der Waals surface area contributed by atoms with Gasteiger partial charge in [0.15, 0.2) is 6.10 Å². The molecule has 0 aromatic heterocycles. The molecule has 4 atom stereocenters. The van der Waals surface area contributed by atoms with Gasteiger partial charge < -0.3 is 32.6 Å². The van der Waals surface area contributed by atoms with Gasteiger partial charge in [0.1, 0.15) is 19.8 Å². The number of unbranched alkanes of at least 4 members (excludes halogenated alkanes) is 15. The Labute approximate surface area is 331 Å². The van der Waals surface area contributed by atoms with Crippen LogP contribution in [0.4, 0.5) is 0 Å². The van der Waals surface area contributed by atoms with Gasteiger partial charge in [-0.25, -0.2) is 0 Å². The predicted octanol–water partition coefficient (Wildman–Crippen LogP) is 11.1. The molecule has 0 spiro atoms. The first-order chi connectivity index (χ1) is 26.1. The van der Waals surface area contributed by atoms with Crippen LogP contribution in [0.25, 0.3) is 0 Å². The molecular weight excluding hydrogens is 701 g/mol. The summed E-state index contributed by atoms with van der Waals surface area (Å²) in [7, 11) is 1.27. The summed E-state index contributed by atoms with van der Waals surface area (Å²) < 4.78 is 40.1. The molecule has 54 heavy (non-hydrogen) atoms. The van der Waals surface area contributed by atoms with Crippen LogP contribution in [0.5, 0.6) is 0 Å². The average Bonchev–Trinajstić information content (AvgIpc) is 3.87. The molecule has 1 aliphatic heterocycles. The molecule has 10 heteroatoms. The quantitative estimate of drug-likeness (QED) is 0.0116. The van der Waals surface area contributed by atoms with Crippen molar-refractivity contribution in [3.63, 3.8) is 0 Å². The van der Waals surface area contributed by atoms with Crippen molar-refractivity contribution in [2.45, 2.75) is 180 Å². The van der Waals surface area contributed by atoms with Crippen LogP contribution in [-0.2, 0) is 32.6 Å². The third-order valence-electron chi connectivity index (χ3n) is 9.37. The van der Waals surface area contributed by atoms with Gasteiger partial charge >= 0.3 is 5.97 Å². The number of nitrogens with zero attached hydrogens (tertiary/aromatic N) is 1. The van der Waals surface area contributed by atoms with E-state index in [0.717, 1.165) is 38.5 Å². The van der Waals surface area contributed by atoms with E-state index in [1.807, 2.05) is 27.2 Å². The second kappa shape index (κ2) is 33.4. The van der Waals surface area contributed by atoms with Gasteiger partial charge in [0.2, 0.25) is 0 Å². The number of phosphoric ester groups is 1. The van der Waals surface area contributed by atoms with Crippen molar-refractivity contribution in [3.8, 4) is 0 Å². The molecule has 0 bridgehead atoms. The Morgan fingerprint density at radius 2 is 1.26 bits per heavy atom. The fourth-order valence-electron chi connectivity index (χ4n) is 5.89. The highest BCUT2D eigenvalue weighted by Crippen LogP contribution is 2.38. The van der Waals surface area contributed by atoms with Gasteiger partial charge in [-0.05, 0) is 63.9 Å². The molecule has 0 saturated carbocycles. The Morgan fingerprint density at radius 3 is 1.91 bits per heavy atom. The number of carbonyl (C=O) groups excluding carboxylic acids is 1. The number of hydrogen-bond donors (Lipinski definition) is 0. The van der Waals surface area contributed by atoms with Gasteiger partial charge in [-0.2, -0.15) is 0 Å². The molecule has 0 N–H and O–H groups in total.